The standard InChI is InChI=1S/C19H15N3O4S2/c1-22-14-3-2-11(6-12(14)7-16(22)24)15(23)8-26-17(25)9-28-19-13-4-5-27-18(13)20-10-21-19/h2-6,10H,7-9H2,1H3. The van der Waals surface area contributed by atoms with E-state index in [2.05, 4.69) is 9.97 Å². The summed E-state index contributed by atoms with van der Waals surface area (Å²) >= 11 is 2.76. The molecule has 0 saturated carbocycles. The first kappa shape index (κ1) is 18.6. The first-order valence-electron chi connectivity index (χ1n) is 8.42. The summed E-state index contributed by atoms with van der Waals surface area (Å²) in [7, 11) is 1.70. The van der Waals surface area contributed by atoms with Crippen LogP contribution in [0, 0.1) is 0 Å². The van der Waals surface area contributed by atoms with E-state index in [4.69, 9.17) is 4.74 Å². The number of anilines is 1. The predicted octanol–water partition coefficient (Wildman–Crippen LogP) is 2.73. The number of rotatable bonds is 6. The quantitative estimate of drug-likeness (QED) is 0.266. The van der Waals surface area contributed by atoms with Gasteiger partial charge in [-0.05, 0) is 35.2 Å². The summed E-state index contributed by atoms with van der Waals surface area (Å²) in [4.78, 5) is 46.9. The lowest BCUT2D eigenvalue weighted by Gasteiger charge is -2.10. The number of fused-ring (bicyclic) bond motifs is 2. The van der Waals surface area contributed by atoms with Crippen molar-refractivity contribution in [2.24, 2.45) is 0 Å². The van der Waals surface area contributed by atoms with Crippen LogP contribution in [0.25, 0.3) is 10.2 Å². The van der Waals surface area contributed by atoms with E-state index in [9.17, 15) is 14.4 Å². The fraction of sp³-hybridized carbons (Fsp3) is 0.211. The second kappa shape index (κ2) is 7.69. The van der Waals surface area contributed by atoms with Gasteiger partial charge in [-0.3, -0.25) is 14.4 Å². The Labute approximate surface area is 168 Å². The first-order valence-corrected chi connectivity index (χ1v) is 10.3. The Bertz CT molecular complexity index is 1100. The number of carbonyl (C=O) groups excluding carboxylic acids is 3. The number of aromatic nitrogens is 2. The third-order valence-electron chi connectivity index (χ3n) is 4.39. The zero-order valence-corrected chi connectivity index (χ0v) is 16.5. The van der Waals surface area contributed by atoms with Crippen LogP contribution < -0.4 is 4.90 Å². The van der Waals surface area contributed by atoms with E-state index in [0.717, 1.165) is 21.5 Å². The third-order valence-corrected chi connectivity index (χ3v) is 6.19. The van der Waals surface area contributed by atoms with Crippen LogP contribution in [0.4, 0.5) is 5.69 Å². The van der Waals surface area contributed by atoms with E-state index in [0.29, 0.717) is 10.6 Å². The van der Waals surface area contributed by atoms with E-state index >= 15 is 0 Å². The zero-order chi connectivity index (χ0) is 19.7. The van der Waals surface area contributed by atoms with Gasteiger partial charge in [0.15, 0.2) is 12.4 Å². The lowest BCUT2D eigenvalue weighted by molar-refractivity contribution is -0.139. The van der Waals surface area contributed by atoms with Crippen LogP contribution in [-0.2, 0) is 20.7 Å². The van der Waals surface area contributed by atoms with Gasteiger partial charge in [0.2, 0.25) is 5.91 Å². The Morgan fingerprint density at radius 3 is 3.00 bits per heavy atom. The fourth-order valence-electron chi connectivity index (χ4n) is 2.92. The average molecular weight is 413 g/mol. The van der Waals surface area contributed by atoms with Crippen molar-refractivity contribution in [3.8, 4) is 0 Å². The van der Waals surface area contributed by atoms with Crippen molar-refractivity contribution in [3.05, 3.63) is 47.1 Å². The SMILES string of the molecule is CN1C(=O)Cc2cc(C(=O)COC(=O)CSc3ncnc4sccc34)ccc21. The van der Waals surface area contributed by atoms with E-state index < -0.39 is 5.97 Å². The number of amides is 1. The molecule has 28 heavy (non-hydrogen) atoms. The molecule has 0 fully saturated rings. The minimum atomic E-state index is -0.489. The summed E-state index contributed by atoms with van der Waals surface area (Å²) in [6, 6.07) is 6.99. The van der Waals surface area contributed by atoms with Crippen molar-refractivity contribution >= 4 is 56.7 Å². The normalized spacial score (nSPS) is 13.0. The maximum atomic E-state index is 12.3. The van der Waals surface area contributed by atoms with Crippen LogP contribution >= 0.6 is 23.1 Å². The van der Waals surface area contributed by atoms with Gasteiger partial charge in [-0.1, -0.05) is 11.8 Å². The summed E-state index contributed by atoms with van der Waals surface area (Å²) in [6.45, 7) is -0.334. The molecule has 0 aliphatic carbocycles. The summed E-state index contributed by atoms with van der Waals surface area (Å²) in [6.07, 6.45) is 1.74. The van der Waals surface area contributed by atoms with E-state index in [1.54, 1.807) is 30.1 Å². The van der Waals surface area contributed by atoms with Crippen molar-refractivity contribution in [1.29, 1.82) is 0 Å². The highest BCUT2D eigenvalue weighted by Gasteiger charge is 2.25. The molecule has 1 aliphatic heterocycles. The molecule has 1 amide bonds. The number of thioether (sulfide) groups is 1. The van der Waals surface area contributed by atoms with Gasteiger partial charge < -0.3 is 9.64 Å². The van der Waals surface area contributed by atoms with Crippen molar-refractivity contribution in [1.82, 2.24) is 9.97 Å². The smallest absolute Gasteiger partial charge is 0.316 e. The second-order valence-corrected chi connectivity index (χ2v) is 8.02. The maximum Gasteiger partial charge on any atom is 0.316 e. The van der Waals surface area contributed by atoms with E-state index in [1.807, 2.05) is 11.4 Å². The van der Waals surface area contributed by atoms with Crippen LogP contribution in [0.15, 0.2) is 41.0 Å². The van der Waals surface area contributed by atoms with Gasteiger partial charge in [-0.2, -0.15) is 0 Å². The number of Topliss-reactive ketones (excluding diaryl/α,β-unsaturated/α-hetero) is 1. The first-order chi connectivity index (χ1) is 13.5. The molecular formula is C19H15N3O4S2. The lowest BCUT2D eigenvalue weighted by atomic mass is 10.1. The van der Waals surface area contributed by atoms with Gasteiger partial charge in [0.05, 0.1) is 12.2 Å². The van der Waals surface area contributed by atoms with Gasteiger partial charge in [-0.25, -0.2) is 9.97 Å². The van der Waals surface area contributed by atoms with Gasteiger partial charge >= 0.3 is 5.97 Å². The van der Waals surface area contributed by atoms with Crippen molar-refractivity contribution in [2.45, 2.75) is 11.4 Å². The van der Waals surface area contributed by atoms with Crippen LogP contribution in [0.1, 0.15) is 15.9 Å². The molecule has 7 nitrogen and oxygen atoms in total. The Morgan fingerprint density at radius 1 is 1.29 bits per heavy atom. The molecule has 4 rings (SSSR count). The average Bonchev–Trinajstić information content (AvgIpc) is 3.29. The second-order valence-electron chi connectivity index (χ2n) is 6.16. The molecule has 0 atom stereocenters. The highest BCUT2D eigenvalue weighted by atomic mass is 32.2. The number of esters is 1. The molecule has 0 N–H and O–H groups in total. The Hall–Kier alpha value is -2.78. The summed E-state index contributed by atoms with van der Waals surface area (Å²) < 4.78 is 5.11. The number of hydrogen-bond donors (Lipinski definition) is 0. The van der Waals surface area contributed by atoms with E-state index in [1.165, 1.54) is 29.4 Å². The van der Waals surface area contributed by atoms with Gasteiger partial charge in [-0.15, -0.1) is 11.3 Å². The molecule has 2 aromatic heterocycles. The third kappa shape index (κ3) is 3.63. The van der Waals surface area contributed by atoms with Gasteiger partial charge in [0.25, 0.3) is 0 Å². The lowest BCUT2D eigenvalue weighted by Crippen LogP contribution is -2.20. The molecular weight excluding hydrogens is 398 g/mol. The number of likely N-dealkylation sites (N-methyl/N-ethyl adjacent to an activating group) is 1. The highest BCUT2D eigenvalue weighted by molar-refractivity contribution is 8.00. The zero-order valence-electron chi connectivity index (χ0n) is 14.9. The highest BCUT2D eigenvalue weighted by Crippen LogP contribution is 2.29. The number of nitrogens with zero attached hydrogens (tertiary/aromatic N) is 3. The van der Waals surface area contributed by atoms with Crippen molar-refractivity contribution < 1.29 is 19.1 Å². The molecule has 3 aromatic rings. The number of thiophene rings is 1. The van der Waals surface area contributed by atoms with Crippen LogP contribution in [0.5, 0.6) is 0 Å². The predicted molar refractivity (Wildman–Crippen MR) is 107 cm³/mol. The van der Waals surface area contributed by atoms with E-state index in [-0.39, 0.29) is 30.5 Å². The largest absolute Gasteiger partial charge is 0.457 e. The van der Waals surface area contributed by atoms with Crippen LogP contribution in [0.3, 0.4) is 0 Å². The van der Waals surface area contributed by atoms with Crippen molar-refractivity contribution in [2.75, 3.05) is 24.3 Å². The number of carbonyl (C=O) groups is 3. The summed E-state index contributed by atoms with van der Waals surface area (Å²) in [5.74, 6) is -0.743. The minimum absolute atomic E-state index is 0.00694. The Balaban J connectivity index is 1.32. The molecule has 0 unspecified atom stereocenters. The minimum Gasteiger partial charge on any atom is -0.457 e. The Morgan fingerprint density at radius 2 is 2.14 bits per heavy atom. The van der Waals surface area contributed by atoms with Gasteiger partial charge in [0, 0.05) is 23.7 Å². The number of benzene rings is 1. The summed E-state index contributed by atoms with van der Waals surface area (Å²) in [5, 5.41) is 3.53. The molecule has 0 bridgehead atoms. The molecule has 9 heteroatoms. The maximum absolute atomic E-state index is 12.3. The molecule has 0 spiro atoms. The number of ketones is 1. The Kier molecular flexibility index (Phi) is 5.10. The molecule has 1 aliphatic rings. The number of ether oxygens (including phenoxy) is 1. The molecule has 1 aromatic carbocycles. The molecule has 0 radical (unpaired) electrons. The molecule has 3 heterocycles. The molecule has 142 valence electrons. The van der Waals surface area contributed by atoms with Crippen molar-refractivity contribution in [3.63, 3.8) is 0 Å². The van der Waals surface area contributed by atoms with Gasteiger partial charge in [0.1, 0.15) is 16.2 Å². The van der Waals surface area contributed by atoms with Crippen LogP contribution in [-0.4, -0.2) is 47.0 Å². The number of hydrogen-bond acceptors (Lipinski definition) is 8. The fourth-order valence-corrected chi connectivity index (χ4v) is 4.50. The monoisotopic (exact) mass is 413 g/mol. The summed E-state index contributed by atoms with van der Waals surface area (Å²) in [5.41, 5.74) is 2.04. The topological polar surface area (TPSA) is 89.5 Å². The molecule has 0 saturated heterocycles. The van der Waals surface area contributed by atoms with Crippen LogP contribution in [0.2, 0.25) is 0 Å².